The van der Waals surface area contributed by atoms with Crippen LogP contribution in [-0.4, -0.2) is 50.4 Å². The zero-order chi connectivity index (χ0) is 22.5. The van der Waals surface area contributed by atoms with Crippen LogP contribution in [0.2, 0.25) is 5.15 Å². The minimum absolute atomic E-state index is 0.261. The molecule has 3 aromatic rings. The van der Waals surface area contributed by atoms with Gasteiger partial charge in [-0.3, -0.25) is 4.79 Å². The van der Waals surface area contributed by atoms with E-state index in [-0.39, 0.29) is 11.1 Å². The van der Waals surface area contributed by atoms with Crippen LogP contribution in [0.4, 0.5) is 11.4 Å². The Balaban J connectivity index is 1.72. The number of benzene rings is 2. The molecule has 1 amide bonds. The van der Waals surface area contributed by atoms with Crippen LogP contribution < -0.4 is 19.7 Å². The summed E-state index contributed by atoms with van der Waals surface area (Å²) in [4.78, 5) is 19.8. The number of nitrogens with zero attached hydrogens (tertiary/aromatic N) is 2. The monoisotopic (exact) mass is 455 g/mol. The van der Waals surface area contributed by atoms with Gasteiger partial charge in [-0.15, -0.1) is 0 Å². The van der Waals surface area contributed by atoms with Gasteiger partial charge in [0, 0.05) is 30.6 Å². The number of hydrogen-bond donors (Lipinski definition) is 1. The Bertz CT molecular complexity index is 1120. The Morgan fingerprint density at radius 3 is 2.56 bits per heavy atom. The van der Waals surface area contributed by atoms with Crippen molar-refractivity contribution >= 4 is 39.8 Å². The van der Waals surface area contributed by atoms with E-state index in [0.29, 0.717) is 54.7 Å². The molecule has 0 saturated carbocycles. The van der Waals surface area contributed by atoms with E-state index in [4.69, 9.17) is 25.8 Å². The normalized spacial score (nSPS) is 13.8. The second-order valence-electron chi connectivity index (χ2n) is 7.25. The van der Waals surface area contributed by atoms with Crippen molar-refractivity contribution in [2.75, 3.05) is 49.7 Å². The maximum Gasteiger partial charge on any atom is 0.256 e. The average molecular weight is 456 g/mol. The topological polar surface area (TPSA) is 72.9 Å². The van der Waals surface area contributed by atoms with E-state index in [0.717, 1.165) is 24.2 Å². The maximum atomic E-state index is 13.3. The number of ether oxygens (including phenoxy) is 3. The zero-order valence-electron chi connectivity index (χ0n) is 18.2. The lowest BCUT2D eigenvalue weighted by Gasteiger charge is -2.31. The van der Waals surface area contributed by atoms with Gasteiger partial charge < -0.3 is 24.4 Å². The first kappa shape index (κ1) is 22.2. The lowest BCUT2D eigenvalue weighted by Crippen LogP contribution is -2.36. The molecule has 1 saturated heterocycles. The number of carbonyl (C=O) groups excluding carboxylic acids is 1. The number of hydrogen-bond acceptors (Lipinski definition) is 6. The van der Waals surface area contributed by atoms with Gasteiger partial charge >= 0.3 is 0 Å². The quantitative estimate of drug-likeness (QED) is 0.517. The van der Waals surface area contributed by atoms with Gasteiger partial charge in [0.15, 0.2) is 0 Å². The molecule has 32 heavy (non-hydrogen) atoms. The van der Waals surface area contributed by atoms with E-state index in [2.05, 4.69) is 15.2 Å². The van der Waals surface area contributed by atoms with Gasteiger partial charge in [0.25, 0.3) is 5.91 Å². The van der Waals surface area contributed by atoms with Crippen molar-refractivity contribution < 1.29 is 19.0 Å². The average Bonchev–Trinajstić information content (AvgIpc) is 2.81. The Kier molecular flexibility index (Phi) is 6.97. The largest absolute Gasteiger partial charge is 0.492 e. The first-order valence-electron chi connectivity index (χ1n) is 10.7. The van der Waals surface area contributed by atoms with Crippen LogP contribution in [0.15, 0.2) is 42.5 Å². The molecular weight excluding hydrogens is 430 g/mol. The molecular formula is C24H26ClN3O4. The van der Waals surface area contributed by atoms with Gasteiger partial charge in [-0.1, -0.05) is 29.8 Å². The number of anilines is 2. The predicted molar refractivity (Wildman–Crippen MR) is 127 cm³/mol. The molecule has 2 aromatic carbocycles. The van der Waals surface area contributed by atoms with Crippen LogP contribution in [0.3, 0.4) is 0 Å². The summed E-state index contributed by atoms with van der Waals surface area (Å²) in [5, 5.41) is 3.97. The predicted octanol–water partition coefficient (Wildman–Crippen LogP) is 4.77. The lowest BCUT2D eigenvalue weighted by atomic mass is 10.1. The number of carbonyl (C=O) groups is 1. The standard InChI is InChI=1S/C24H26ClN3O4/c1-3-31-21-15-20(28-9-11-30-12-10-28)22(32-4-2)14-19(21)27-24(29)17-13-23(25)26-18-8-6-5-7-16(17)18/h5-8,13-15H,3-4,9-12H2,1-2H3,(H,27,29). The van der Waals surface area contributed by atoms with Crippen LogP contribution >= 0.6 is 11.6 Å². The second kappa shape index (κ2) is 10.1. The van der Waals surface area contributed by atoms with Crippen molar-refractivity contribution in [3.05, 3.63) is 53.2 Å². The molecule has 1 aliphatic rings. The third-order valence-corrected chi connectivity index (χ3v) is 5.38. The number of morpholine rings is 1. The van der Waals surface area contributed by atoms with E-state index >= 15 is 0 Å². The molecule has 4 rings (SSSR count). The molecule has 0 atom stereocenters. The van der Waals surface area contributed by atoms with Crippen molar-refractivity contribution in [3.63, 3.8) is 0 Å². The zero-order valence-corrected chi connectivity index (χ0v) is 18.9. The smallest absolute Gasteiger partial charge is 0.256 e. The summed E-state index contributed by atoms with van der Waals surface area (Å²) in [6, 6.07) is 12.7. The second-order valence-corrected chi connectivity index (χ2v) is 7.63. The highest BCUT2D eigenvalue weighted by molar-refractivity contribution is 6.30. The Labute approximate surface area is 192 Å². The first-order chi connectivity index (χ1) is 15.6. The summed E-state index contributed by atoms with van der Waals surface area (Å²) in [5.41, 5.74) is 2.56. The minimum atomic E-state index is -0.298. The highest BCUT2D eigenvalue weighted by Crippen LogP contribution is 2.39. The molecule has 2 heterocycles. The molecule has 1 N–H and O–H groups in total. The fourth-order valence-electron chi connectivity index (χ4n) is 3.76. The maximum absolute atomic E-state index is 13.3. The van der Waals surface area contributed by atoms with E-state index in [1.54, 1.807) is 6.07 Å². The molecule has 0 spiro atoms. The van der Waals surface area contributed by atoms with Crippen molar-refractivity contribution in [2.24, 2.45) is 0 Å². The third-order valence-electron chi connectivity index (χ3n) is 5.19. The van der Waals surface area contributed by atoms with Gasteiger partial charge in [-0.25, -0.2) is 4.98 Å². The molecule has 0 aliphatic carbocycles. The number of pyridine rings is 1. The molecule has 168 valence electrons. The number of halogens is 1. The van der Waals surface area contributed by atoms with Gasteiger partial charge in [-0.05, 0) is 26.0 Å². The minimum Gasteiger partial charge on any atom is -0.492 e. The van der Waals surface area contributed by atoms with E-state index in [9.17, 15) is 4.79 Å². The molecule has 8 heteroatoms. The fourth-order valence-corrected chi connectivity index (χ4v) is 3.97. The van der Waals surface area contributed by atoms with E-state index in [1.165, 1.54) is 0 Å². The van der Waals surface area contributed by atoms with Crippen molar-refractivity contribution in [3.8, 4) is 11.5 Å². The number of nitrogens with one attached hydrogen (secondary N) is 1. The molecule has 0 radical (unpaired) electrons. The van der Waals surface area contributed by atoms with Gasteiger partial charge in [0.05, 0.1) is 48.9 Å². The van der Waals surface area contributed by atoms with Crippen LogP contribution in [0, 0.1) is 0 Å². The summed E-state index contributed by atoms with van der Waals surface area (Å²) in [6.45, 7) is 7.65. The van der Waals surface area contributed by atoms with Crippen LogP contribution in [0.1, 0.15) is 24.2 Å². The summed E-state index contributed by atoms with van der Waals surface area (Å²) >= 11 is 6.17. The number of aromatic nitrogens is 1. The number of amides is 1. The highest BCUT2D eigenvalue weighted by Gasteiger charge is 2.21. The van der Waals surface area contributed by atoms with Crippen LogP contribution in [0.5, 0.6) is 11.5 Å². The van der Waals surface area contributed by atoms with Crippen LogP contribution in [-0.2, 0) is 4.74 Å². The summed E-state index contributed by atoms with van der Waals surface area (Å²) < 4.78 is 17.3. The molecule has 7 nitrogen and oxygen atoms in total. The van der Waals surface area contributed by atoms with Crippen molar-refractivity contribution in [1.29, 1.82) is 0 Å². The Hall–Kier alpha value is -3.03. The molecule has 1 aromatic heterocycles. The SMILES string of the molecule is CCOc1cc(N2CCOCC2)c(OCC)cc1NC(=O)c1cc(Cl)nc2ccccc12. The van der Waals surface area contributed by atoms with Crippen LogP contribution in [0.25, 0.3) is 10.9 Å². The molecule has 1 aliphatic heterocycles. The number of para-hydroxylation sites is 1. The fraction of sp³-hybridized carbons (Fsp3) is 0.333. The lowest BCUT2D eigenvalue weighted by molar-refractivity contribution is 0.102. The number of fused-ring (bicyclic) bond motifs is 1. The van der Waals surface area contributed by atoms with Crippen molar-refractivity contribution in [2.45, 2.75) is 13.8 Å². The highest BCUT2D eigenvalue weighted by atomic mass is 35.5. The molecule has 0 bridgehead atoms. The van der Waals surface area contributed by atoms with Gasteiger partial charge in [0.2, 0.25) is 0 Å². The van der Waals surface area contributed by atoms with Gasteiger partial charge in [0.1, 0.15) is 16.7 Å². The molecule has 1 fully saturated rings. The Morgan fingerprint density at radius 1 is 1.09 bits per heavy atom. The van der Waals surface area contributed by atoms with Gasteiger partial charge in [-0.2, -0.15) is 0 Å². The third kappa shape index (κ3) is 4.74. The first-order valence-corrected chi connectivity index (χ1v) is 11.1. The Morgan fingerprint density at radius 2 is 1.81 bits per heavy atom. The summed E-state index contributed by atoms with van der Waals surface area (Å²) in [5.74, 6) is 0.967. The van der Waals surface area contributed by atoms with Crippen molar-refractivity contribution in [1.82, 2.24) is 4.98 Å². The summed E-state index contributed by atoms with van der Waals surface area (Å²) in [7, 11) is 0. The molecule has 0 unspecified atom stereocenters. The van der Waals surface area contributed by atoms with E-state index in [1.807, 2.05) is 50.2 Å². The summed E-state index contributed by atoms with van der Waals surface area (Å²) in [6.07, 6.45) is 0. The van der Waals surface area contributed by atoms with E-state index < -0.39 is 0 Å². The number of rotatable bonds is 7.